The van der Waals surface area contributed by atoms with Crippen molar-refractivity contribution in [1.29, 1.82) is 0 Å². The lowest BCUT2D eigenvalue weighted by molar-refractivity contribution is 0.196. The minimum atomic E-state index is -0.171. The van der Waals surface area contributed by atoms with Gasteiger partial charge in [-0.05, 0) is 62.4 Å². The third-order valence-electron chi connectivity index (χ3n) is 5.17. The third-order valence-corrected chi connectivity index (χ3v) is 5.17. The Balaban J connectivity index is 1.41. The summed E-state index contributed by atoms with van der Waals surface area (Å²) in [6.45, 7) is 6.69. The maximum absolute atomic E-state index is 13.3. The molecule has 2 aromatic rings. The van der Waals surface area contributed by atoms with E-state index in [0.29, 0.717) is 6.04 Å². The Hall–Kier alpha value is -2.47. The fraction of sp³-hybridized carbons (Fsp3) is 0.478. The first-order valence-electron chi connectivity index (χ1n) is 10.6. The van der Waals surface area contributed by atoms with Gasteiger partial charge in [0.2, 0.25) is 0 Å². The number of guanidine groups is 1. The first-order chi connectivity index (χ1) is 14.2. The number of pyridine rings is 1. The number of hydrogen-bond donors (Lipinski definition) is 2. The van der Waals surface area contributed by atoms with Crippen LogP contribution in [0.3, 0.4) is 0 Å². The summed E-state index contributed by atoms with van der Waals surface area (Å²) in [5.74, 6) is 0.713. The van der Waals surface area contributed by atoms with E-state index >= 15 is 0 Å². The molecule has 156 valence electrons. The van der Waals surface area contributed by atoms with E-state index in [9.17, 15) is 4.39 Å². The standard InChI is InChI=1S/C23H32FN5/c1-2-25-23(27-14-6-8-19-7-5-9-20(24)17-19)28-21-11-15-29(16-12-21)18-22-10-3-4-13-26-22/h3-5,7,9-10,13,17,21H,2,6,8,11-12,14-16,18H2,1H3,(H2,25,27,28). The number of aliphatic imine (C=N–C) groups is 1. The number of likely N-dealkylation sites (tertiary alicyclic amines) is 1. The molecule has 6 heteroatoms. The van der Waals surface area contributed by atoms with Crippen LogP contribution in [0.25, 0.3) is 0 Å². The van der Waals surface area contributed by atoms with Crippen LogP contribution in [0.5, 0.6) is 0 Å². The summed E-state index contributed by atoms with van der Waals surface area (Å²) in [7, 11) is 0. The summed E-state index contributed by atoms with van der Waals surface area (Å²) in [6, 6.07) is 13.3. The normalized spacial score (nSPS) is 16.0. The second-order valence-corrected chi connectivity index (χ2v) is 7.51. The molecule has 29 heavy (non-hydrogen) atoms. The minimum absolute atomic E-state index is 0.171. The lowest BCUT2D eigenvalue weighted by Crippen LogP contribution is -2.48. The van der Waals surface area contributed by atoms with Crippen molar-refractivity contribution >= 4 is 5.96 Å². The highest BCUT2D eigenvalue weighted by molar-refractivity contribution is 5.80. The predicted molar refractivity (Wildman–Crippen MR) is 116 cm³/mol. The van der Waals surface area contributed by atoms with E-state index in [1.54, 1.807) is 12.1 Å². The molecule has 0 spiro atoms. The number of nitrogens with zero attached hydrogens (tertiary/aromatic N) is 3. The monoisotopic (exact) mass is 397 g/mol. The second kappa shape index (κ2) is 11.5. The Morgan fingerprint density at radius 2 is 2.07 bits per heavy atom. The highest BCUT2D eigenvalue weighted by Gasteiger charge is 2.20. The van der Waals surface area contributed by atoms with E-state index in [-0.39, 0.29) is 5.82 Å². The van der Waals surface area contributed by atoms with Crippen LogP contribution in [0.4, 0.5) is 4.39 Å². The van der Waals surface area contributed by atoms with Gasteiger partial charge >= 0.3 is 0 Å². The van der Waals surface area contributed by atoms with Gasteiger partial charge in [-0.3, -0.25) is 14.9 Å². The Kier molecular flexibility index (Phi) is 8.43. The maximum Gasteiger partial charge on any atom is 0.191 e. The van der Waals surface area contributed by atoms with Crippen LogP contribution in [-0.4, -0.2) is 48.1 Å². The van der Waals surface area contributed by atoms with Gasteiger partial charge in [0, 0.05) is 45.0 Å². The number of aromatic nitrogens is 1. The van der Waals surface area contributed by atoms with Gasteiger partial charge in [0.05, 0.1) is 5.69 Å². The lowest BCUT2D eigenvalue weighted by atomic mass is 10.0. The van der Waals surface area contributed by atoms with Gasteiger partial charge in [-0.2, -0.15) is 0 Å². The molecular weight excluding hydrogens is 365 g/mol. The largest absolute Gasteiger partial charge is 0.357 e. The van der Waals surface area contributed by atoms with Gasteiger partial charge in [0.25, 0.3) is 0 Å². The van der Waals surface area contributed by atoms with Crippen molar-refractivity contribution in [3.05, 3.63) is 65.7 Å². The zero-order chi connectivity index (χ0) is 20.3. The summed E-state index contributed by atoms with van der Waals surface area (Å²) < 4.78 is 13.3. The molecule has 2 N–H and O–H groups in total. The molecule has 1 aliphatic heterocycles. The van der Waals surface area contributed by atoms with Crippen LogP contribution >= 0.6 is 0 Å². The van der Waals surface area contributed by atoms with Crippen LogP contribution in [0, 0.1) is 5.82 Å². The molecule has 0 unspecified atom stereocenters. The summed E-state index contributed by atoms with van der Waals surface area (Å²) in [5.41, 5.74) is 2.16. The number of piperidine rings is 1. The van der Waals surface area contributed by atoms with Crippen LogP contribution in [0.2, 0.25) is 0 Å². The molecule has 1 aromatic carbocycles. The summed E-state index contributed by atoms with van der Waals surface area (Å²) in [4.78, 5) is 11.6. The molecular formula is C23H32FN5. The van der Waals surface area contributed by atoms with Crippen LogP contribution in [0.15, 0.2) is 53.7 Å². The van der Waals surface area contributed by atoms with E-state index < -0.39 is 0 Å². The zero-order valence-corrected chi connectivity index (χ0v) is 17.3. The average Bonchev–Trinajstić information content (AvgIpc) is 2.73. The minimum Gasteiger partial charge on any atom is -0.357 e. The molecule has 0 saturated carbocycles. The second-order valence-electron chi connectivity index (χ2n) is 7.51. The SMILES string of the molecule is CCNC(=NCCCc1cccc(F)c1)NC1CCN(Cc2ccccn2)CC1. The molecule has 1 fully saturated rings. The molecule has 0 amide bonds. The van der Waals surface area contributed by atoms with Gasteiger partial charge < -0.3 is 10.6 Å². The van der Waals surface area contributed by atoms with Crippen molar-refractivity contribution in [1.82, 2.24) is 20.5 Å². The number of halogens is 1. The summed E-state index contributed by atoms with van der Waals surface area (Å²) in [5, 5.41) is 6.93. The highest BCUT2D eigenvalue weighted by Crippen LogP contribution is 2.13. The van der Waals surface area contributed by atoms with E-state index in [4.69, 9.17) is 4.99 Å². The van der Waals surface area contributed by atoms with E-state index in [0.717, 1.165) is 75.6 Å². The number of hydrogen-bond acceptors (Lipinski definition) is 3. The molecule has 1 aromatic heterocycles. The van der Waals surface area contributed by atoms with Crippen molar-refractivity contribution in [2.24, 2.45) is 4.99 Å². The Morgan fingerprint density at radius 3 is 2.79 bits per heavy atom. The quantitative estimate of drug-likeness (QED) is 0.407. The third kappa shape index (κ3) is 7.46. The first kappa shape index (κ1) is 21.2. The fourth-order valence-electron chi connectivity index (χ4n) is 3.64. The number of rotatable bonds is 8. The van der Waals surface area contributed by atoms with E-state index in [2.05, 4.69) is 33.5 Å². The molecule has 5 nitrogen and oxygen atoms in total. The topological polar surface area (TPSA) is 52.6 Å². The molecule has 0 aliphatic carbocycles. The van der Waals surface area contributed by atoms with Crippen LogP contribution < -0.4 is 10.6 Å². The van der Waals surface area contributed by atoms with Crippen LogP contribution in [-0.2, 0) is 13.0 Å². The van der Waals surface area contributed by atoms with Gasteiger partial charge in [-0.25, -0.2) is 4.39 Å². The Labute approximate surface area is 173 Å². The number of benzene rings is 1. The van der Waals surface area contributed by atoms with Crippen molar-refractivity contribution in [2.45, 2.75) is 45.2 Å². The van der Waals surface area contributed by atoms with Crippen molar-refractivity contribution in [3.8, 4) is 0 Å². The van der Waals surface area contributed by atoms with Crippen molar-refractivity contribution in [2.75, 3.05) is 26.2 Å². The highest BCUT2D eigenvalue weighted by atomic mass is 19.1. The smallest absolute Gasteiger partial charge is 0.191 e. The fourth-order valence-corrected chi connectivity index (χ4v) is 3.64. The summed E-state index contributed by atoms with van der Waals surface area (Å²) in [6.07, 6.45) is 5.80. The van der Waals surface area contributed by atoms with Crippen molar-refractivity contribution < 1.29 is 4.39 Å². The first-order valence-corrected chi connectivity index (χ1v) is 10.6. The average molecular weight is 398 g/mol. The Morgan fingerprint density at radius 1 is 1.21 bits per heavy atom. The van der Waals surface area contributed by atoms with E-state index in [1.165, 1.54) is 6.07 Å². The lowest BCUT2D eigenvalue weighted by Gasteiger charge is -2.32. The van der Waals surface area contributed by atoms with Crippen LogP contribution in [0.1, 0.15) is 37.4 Å². The molecule has 0 atom stereocenters. The molecule has 0 radical (unpaired) electrons. The zero-order valence-electron chi connectivity index (χ0n) is 17.3. The van der Waals surface area contributed by atoms with Gasteiger partial charge in [0.1, 0.15) is 5.82 Å². The van der Waals surface area contributed by atoms with E-state index in [1.807, 2.05) is 24.4 Å². The van der Waals surface area contributed by atoms with Gasteiger partial charge in [-0.1, -0.05) is 18.2 Å². The molecule has 2 heterocycles. The van der Waals surface area contributed by atoms with Gasteiger partial charge in [0.15, 0.2) is 5.96 Å². The number of nitrogens with one attached hydrogen (secondary N) is 2. The summed E-state index contributed by atoms with van der Waals surface area (Å²) >= 11 is 0. The van der Waals surface area contributed by atoms with Crippen molar-refractivity contribution in [3.63, 3.8) is 0 Å². The maximum atomic E-state index is 13.3. The molecule has 1 aliphatic rings. The predicted octanol–water partition coefficient (Wildman–Crippen LogP) is 3.37. The van der Waals surface area contributed by atoms with Gasteiger partial charge in [-0.15, -0.1) is 0 Å². The molecule has 1 saturated heterocycles. The Bertz CT molecular complexity index is 757. The number of aryl methyl sites for hydroxylation is 1. The molecule has 3 rings (SSSR count). The molecule has 0 bridgehead atoms.